The van der Waals surface area contributed by atoms with Crippen molar-refractivity contribution in [1.82, 2.24) is 20.5 Å². The molecule has 0 aromatic carbocycles. The number of pyridine rings is 1. The molecule has 20 heavy (non-hydrogen) atoms. The Balaban J connectivity index is 1.97. The molecule has 2 heterocycles. The summed E-state index contributed by atoms with van der Waals surface area (Å²) >= 11 is 0. The number of rotatable bonds is 3. The number of urea groups is 1. The minimum absolute atomic E-state index is 0.0806. The van der Waals surface area contributed by atoms with Crippen molar-refractivity contribution in [2.24, 2.45) is 0 Å². The average Bonchev–Trinajstić information content (AvgIpc) is 2.46. The molecule has 1 fully saturated rings. The normalized spacial score (nSPS) is 18.6. The van der Waals surface area contributed by atoms with E-state index >= 15 is 0 Å². The predicted molar refractivity (Wildman–Crippen MR) is 75.0 cm³/mol. The van der Waals surface area contributed by atoms with E-state index in [2.05, 4.69) is 15.6 Å². The van der Waals surface area contributed by atoms with E-state index in [9.17, 15) is 9.59 Å². The molecule has 1 aliphatic heterocycles. The summed E-state index contributed by atoms with van der Waals surface area (Å²) in [5, 5.41) is 5.62. The number of carbonyl (C=O) groups is 2. The van der Waals surface area contributed by atoms with E-state index < -0.39 is 0 Å². The number of hydrogen-bond donors (Lipinski definition) is 2. The lowest BCUT2D eigenvalue weighted by atomic mass is 10.1. The number of nitrogens with zero attached hydrogens (tertiary/aromatic N) is 2. The Labute approximate surface area is 118 Å². The van der Waals surface area contributed by atoms with Crippen LogP contribution >= 0.6 is 0 Å². The third-order valence-corrected chi connectivity index (χ3v) is 3.50. The minimum atomic E-state index is -0.381. The zero-order valence-electron chi connectivity index (χ0n) is 11.8. The second-order valence-corrected chi connectivity index (χ2v) is 4.83. The lowest BCUT2D eigenvalue weighted by molar-refractivity contribution is -0.127. The van der Waals surface area contributed by atoms with Crippen molar-refractivity contribution >= 4 is 11.9 Å². The van der Waals surface area contributed by atoms with Gasteiger partial charge in [-0.25, -0.2) is 4.79 Å². The molecule has 1 aromatic rings. The first-order valence-corrected chi connectivity index (χ1v) is 6.86. The summed E-state index contributed by atoms with van der Waals surface area (Å²) in [6, 6.07) is 3.23. The van der Waals surface area contributed by atoms with Crippen LogP contribution in [0.25, 0.3) is 0 Å². The molecule has 0 bridgehead atoms. The molecule has 1 atom stereocenters. The molecule has 1 unspecified atom stereocenters. The maximum Gasteiger partial charge on any atom is 0.318 e. The first-order chi connectivity index (χ1) is 9.63. The Hall–Kier alpha value is -2.11. The zero-order valence-corrected chi connectivity index (χ0v) is 11.8. The number of piperazine rings is 1. The fourth-order valence-corrected chi connectivity index (χ4v) is 2.33. The van der Waals surface area contributed by atoms with E-state index in [1.165, 1.54) is 0 Å². The average molecular weight is 276 g/mol. The van der Waals surface area contributed by atoms with Crippen LogP contribution in [0.1, 0.15) is 24.6 Å². The molecule has 0 aliphatic carbocycles. The SMILES string of the molecule is CCC1C(=O)NCCN1C(=O)NCc1ncccc1C. The highest BCUT2D eigenvalue weighted by Gasteiger charge is 2.31. The Morgan fingerprint density at radius 2 is 2.40 bits per heavy atom. The highest BCUT2D eigenvalue weighted by molar-refractivity contribution is 5.88. The van der Waals surface area contributed by atoms with Gasteiger partial charge in [-0.05, 0) is 25.0 Å². The molecule has 1 aliphatic rings. The van der Waals surface area contributed by atoms with Crippen LogP contribution in [-0.2, 0) is 11.3 Å². The van der Waals surface area contributed by atoms with Crippen molar-refractivity contribution in [3.05, 3.63) is 29.6 Å². The van der Waals surface area contributed by atoms with Gasteiger partial charge in [-0.3, -0.25) is 9.78 Å². The monoisotopic (exact) mass is 276 g/mol. The van der Waals surface area contributed by atoms with Gasteiger partial charge in [0.05, 0.1) is 12.2 Å². The smallest absolute Gasteiger partial charge is 0.318 e. The number of amides is 3. The quantitative estimate of drug-likeness (QED) is 0.858. The highest BCUT2D eigenvalue weighted by Crippen LogP contribution is 2.09. The highest BCUT2D eigenvalue weighted by atomic mass is 16.2. The third-order valence-electron chi connectivity index (χ3n) is 3.50. The van der Waals surface area contributed by atoms with Crippen molar-refractivity contribution in [3.8, 4) is 0 Å². The molecular weight excluding hydrogens is 256 g/mol. The number of aromatic nitrogens is 1. The van der Waals surface area contributed by atoms with Crippen LogP contribution in [0.2, 0.25) is 0 Å². The fourth-order valence-electron chi connectivity index (χ4n) is 2.33. The van der Waals surface area contributed by atoms with Crippen molar-refractivity contribution in [2.75, 3.05) is 13.1 Å². The first kappa shape index (κ1) is 14.3. The van der Waals surface area contributed by atoms with E-state index in [0.29, 0.717) is 26.1 Å². The van der Waals surface area contributed by atoms with Crippen LogP contribution in [0, 0.1) is 6.92 Å². The van der Waals surface area contributed by atoms with Crippen LogP contribution in [0.15, 0.2) is 18.3 Å². The molecule has 3 amide bonds. The van der Waals surface area contributed by atoms with Gasteiger partial charge in [-0.2, -0.15) is 0 Å². The molecule has 2 N–H and O–H groups in total. The fraction of sp³-hybridized carbons (Fsp3) is 0.500. The second-order valence-electron chi connectivity index (χ2n) is 4.83. The third kappa shape index (κ3) is 3.07. The molecule has 108 valence electrons. The van der Waals surface area contributed by atoms with E-state index in [0.717, 1.165) is 11.3 Å². The van der Waals surface area contributed by atoms with Crippen molar-refractivity contribution < 1.29 is 9.59 Å². The minimum Gasteiger partial charge on any atom is -0.353 e. The van der Waals surface area contributed by atoms with Gasteiger partial charge >= 0.3 is 6.03 Å². The van der Waals surface area contributed by atoms with Crippen molar-refractivity contribution in [3.63, 3.8) is 0 Å². The number of aryl methyl sites for hydroxylation is 1. The summed E-state index contributed by atoms with van der Waals surface area (Å²) in [6.45, 7) is 5.28. The van der Waals surface area contributed by atoms with E-state index in [-0.39, 0.29) is 18.0 Å². The van der Waals surface area contributed by atoms with Crippen molar-refractivity contribution in [1.29, 1.82) is 0 Å². The molecule has 0 spiro atoms. The zero-order chi connectivity index (χ0) is 14.5. The molecule has 6 nitrogen and oxygen atoms in total. The van der Waals surface area contributed by atoms with Gasteiger partial charge in [0.25, 0.3) is 0 Å². The van der Waals surface area contributed by atoms with Gasteiger partial charge in [0, 0.05) is 19.3 Å². The topological polar surface area (TPSA) is 74.3 Å². The standard InChI is InChI=1S/C14H20N4O2/c1-3-12-13(19)16-7-8-18(12)14(20)17-9-11-10(2)5-4-6-15-11/h4-6,12H,3,7-9H2,1-2H3,(H,16,19)(H,17,20). The summed E-state index contributed by atoms with van der Waals surface area (Å²) in [7, 11) is 0. The molecule has 2 rings (SSSR count). The number of carbonyl (C=O) groups excluding carboxylic acids is 2. The summed E-state index contributed by atoms with van der Waals surface area (Å²) in [5.74, 6) is -0.0806. The van der Waals surface area contributed by atoms with Gasteiger partial charge in [0.15, 0.2) is 0 Å². The Morgan fingerprint density at radius 1 is 1.60 bits per heavy atom. The van der Waals surface area contributed by atoms with Crippen LogP contribution in [0.3, 0.4) is 0 Å². The van der Waals surface area contributed by atoms with Gasteiger partial charge in [0.1, 0.15) is 6.04 Å². The Kier molecular flexibility index (Phi) is 4.55. The maximum atomic E-state index is 12.2. The molecule has 1 saturated heterocycles. The van der Waals surface area contributed by atoms with E-state index in [4.69, 9.17) is 0 Å². The Morgan fingerprint density at radius 3 is 3.10 bits per heavy atom. The molecule has 1 aromatic heterocycles. The first-order valence-electron chi connectivity index (χ1n) is 6.86. The lowest BCUT2D eigenvalue weighted by Crippen LogP contribution is -2.59. The second kappa shape index (κ2) is 6.36. The summed E-state index contributed by atoms with van der Waals surface area (Å²) in [4.78, 5) is 29.8. The Bertz CT molecular complexity index is 504. The summed E-state index contributed by atoms with van der Waals surface area (Å²) in [6.07, 6.45) is 2.32. The van der Waals surface area contributed by atoms with Gasteiger partial charge in [0.2, 0.25) is 5.91 Å². The number of hydrogen-bond acceptors (Lipinski definition) is 3. The summed E-state index contributed by atoms with van der Waals surface area (Å²) in [5.41, 5.74) is 1.88. The van der Waals surface area contributed by atoms with Gasteiger partial charge in [-0.15, -0.1) is 0 Å². The molecular formula is C14H20N4O2. The van der Waals surface area contributed by atoms with E-state index in [1.807, 2.05) is 26.0 Å². The maximum absolute atomic E-state index is 12.2. The van der Waals surface area contributed by atoms with Crippen molar-refractivity contribution in [2.45, 2.75) is 32.9 Å². The summed E-state index contributed by atoms with van der Waals surface area (Å²) < 4.78 is 0. The number of nitrogens with one attached hydrogen (secondary N) is 2. The van der Waals surface area contributed by atoms with Gasteiger partial charge in [-0.1, -0.05) is 13.0 Å². The molecule has 6 heteroatoms. The molecule has 0 saturated carbocycles. The van der Waals surface area contributed by atoms with Crippen LogP contribution in [0.5, 0.6) is 0 Å². The molecule has 0 radical (unpaired) electrons. The van der Waals surface area contributed by atoms with Crippen LogP contribution in [-0.4, -0.2) is 41.0 Å². The largest absolute Gasteiger partial charge is 0.353 e. The van der Waals surface area contributed by atoms with Gasteiger partial charge < -0.3 is 15.5 Å². The predicted octanol–water partition coefficient (Wildman–Crippen LogP) is 0.810. The lowest BCUT2D eigenvalue weighted by Gasteiger charge is -2.34. The van der Waals surface area contributed by atoms with Crippen LogP contribution < -0.4 is 10.6 Å². The van der Waals surface area contributed by atoms with Crippen LogP contribution in [0.4, 0.5) is 4.79 Å². The van der Waals surface area contributed by atoms with E-state index in [1.54, 1.807) is 11.1 Å².